The average Bonchev–Trinajstić information content (AvgIpc) is 2.63. The van der Waals surface area contributed by atoms with Crippen LogP contribution in [0.2, 0.25) is 5.02 Å². The fraction of sp³-hybridized carbons (Fsp3) is 0.273. The van der Waals surface area contributed by atoms with Gasteiger partial charge in [-0.2, -0.15) is 0 Å². The molecule has 0 saturated carbocycles. The Bertz CT molecular complexity index is 459. The number of carbonyl (C=O) groups excluding carboxylic acids is 1. The minimum atomic E-state index is -1.11. The number of benzene rings is 1. The van der Waals surface area contributed by atoms with Crippen molar-refractivity contribution >= 4 is 29.2 Å². The zero-order valence-electron chi connectivity index (χ0n) is 8.44. The lowest BCUT2D eigenvalue weighted by Gasteiger charge is -2.18. The van der Waals surface area contributed by atoms with Crippen molar-refractivity contribution in [3.05, 3.63) is 28.8 Å². The standard InChI is InChI=1S/C11H10ClNO3/c12-7-3-1-4-8(10(7)11(15)16)13-6-2-5-9(13)14/h1,3-4H,2,5-6H2,(H,15,16). The number of rotatable bonds is 2. The van der Waals surface area contributed by atoms with Crippen molar-refractivity contribution in [2.45, 2.75) is 12.8 Å². The molecule has 84 valence electrons. The lowest BCUT2D eigenvalue weighted by molar-refractivity contribution is -0.117. The molecule has 5 heteroatoms. The first-order valence-electron chi connectivity index (χ1n) is 4.93. The van der Waals surface area contributed by atoms with Crippen LogP contribution in [0, 0.1) is 0 Å². The summed E-state index contributed by atoms with van der Waals surface area (Å²) in [5.74, 6) is -1.16. The quantitative estimate of drug-likeness (QED) is 0.861. The molecule has 4 nitrogen and oxygen atoms in total. The topological polar surface area (TPSA) is 57.6 Å². The second-order valence-electron chi connectivity index (χ2n) is 3.59. The third kappa shape index (κ3) is 1.76. The van der Waals surface area contributed by atoms with Crippen molar-refractivity contribution in [1.82, 2.24) is 0 Å². The lowest BCUT2D eigenvalue weighted by atomic mass is 10.1. The van der Waals surface area contributed by atoms with Gasteiger partial charge in [0.05, 0.1) is 10.7 Å². The summed E-state index contributed by atoms with van der Waals surface area (Å²) in [6, 6.07) is 4.77. The number of nitrogens with zero attached hydrogens (tertiary/aromatic N) is 1. The van der Waals surface area contributed by atoms with E-state index in [1.165, 1.54) is 11.0 Å². The van der Waals surface area contributed by atoms with Gasteiger partial charge in [-0.25, -0.2) is 4.79 Å². The zero-order valence-corrected chi connectivity index (χ0v) is 9.20. The summed E-state index contributed by atoms with van der Waals surface area (Å²) >= 11 is 5.83. The Balaban J connectivity index is 2.51. The molecule has 1 aromatic carbocycles. The van der Waals surface area contributed by atoms with E-state index in [1.807, 2.05) is 0 Å². The van der Waals surface area contributed by atoms with Gasteiger partial charge >= 0.3 is 5.97 Å². The van der Waals surface area contributed by atoms with Gasteiger partial charge in [-0.3, -0.25) is 4.79 Å². The van der Waals surface area contributed by atoms with E-state index in [0.29, 0.717) is 18.7 Å². The first-order valence-corrected chi connectivity index (χ1v) is 5.31. The molecule has 1 saturated heterocycles. The second kappa shape index (κ2) is 4.14. The van der Waals surface area contributed by atoms with Crippen molar-refractivity contribution in [2.75, 3.05) is 11.4 Å². The van der Waals surface area contributed by atoms with Gasteiger partial charge in [0.2, 0.25) is 5.91 Å². The molecular weight excluding hydrogens is 230 g/mol. The molecule has 1 aliphatic rings. The summed E-state index contributed by atoms with van der Waals surface area (Å²) < 4.78 is 0. The molecule has 1 aromatic rings. The highest BCUT2D eigenvalue weighted by Gasteiger charge is 2.26. The SMILES string of the molecule is O=C(O)c1c(Cl)cccc1N1CCCC1=O. The van der Waals surface area contributed by atoms with Gasteiger partial charge < -0.3 is 10.0 Å². The Morgan fingerprint density at radius 3 is 2.75 bits per heavy atom. The van der Waals surface area contributed by atoms with Crippen LogP contribution >= 0.6 is 11.6 Å². The number of carbonyl (C=O) groups is 2. The second-order valence-corrected chi connectivity index (χ2v) is 4.00. The van der Waals surface area contributed by atoms with Crippen LogP contribution in [0.5, 0.6) is 0 Å². The van der Waals surface area contributed by atoms with E-state index in [-0.39, 0.29) is 16.5 Å². The molecule has 1 N–H and O–H groups in total. The fourth-order valence-corrected chi connectivity index (χ4v) is 2.10. The predicted molar refractivity (Wildman–Crippen MR) is 60.0 cm³/mol. The molecule has 0 bridgehead atoms. The monoisotopic (exact) mass is 239 g/mol. The van der Waals surface area contributed by atoms with Crippen LogP contribution in [0.3, 0.4) is 0 Å². The number of carboxylic acids is 1. The van der Waals surface area contributed by atoms with Gasteiger partial charge in [0.25, 0.3) is 0 Å². The number of aromatic carboxylic acids is 1. The van der Waals surface area contributed by atoms with Crippen molar-refractivity contribution in [2.24, 2.45) is 0 Å². The molecule has 0 spiro atoms. The number of carboxylic acid groups (broad SMARTS) is 1. The van der Waals surface area contributed by atoms with Crippen LogP contribution in [0.25, 0.3) is 0 Å². The van der Waals surface area contributed by atoms with E-state index < -0.39 is 5.97 Å². The van der Waals surface area contributed by atoms with E-state index in [9.17, 15) is 9.59 Å². The minimum Gasteiger partial charge on any atom is -0.478 e. The number of halogens is 1. The van der Waals surface area contributed by atoms with E-state index >= 15 is 0 Å². The molecule has 0 unspecified atom stereocenters. The molecule has 1 amide bonds. The van der Waals surface area contributed by atoms with Gasteiger partial charge in [0, 0.05) is 13.0 Å². The van der Waals surface area contributed by atoms with E-state index in [2.05, 4.69) is 0 Å². The van der Waals surface area contributed by atoms with Gasteiger partial charge in [0.1, 0.15) is 5.56 Å². The van der Waals surface area contributed by atoms with Crippen molar-refractivity contribution < 1.29 is 14.7 Å². The molecule has 1 fully saturated rings. The normalized spacial score (nSPS) is 15.6. The van der Waals surface area contributed by atoms with Gasteiger partial charge in [-0.05, 0) is 18.6 Å². The Labute approximate surface area is 97.4 Å². The molecular formula is C11H10ClNO3. The number of hydrogen-bond donors (Lipinski definition) is 1. The molecule has 1 aliphatic heterocycles. The number of hydrogen-bond acceptors (Lipinski definition) is 2. The van der Waals surface area contributed by atoms with Crippen LogP contribution in [-0.4, -0.2) is 23.5 Å². The summed E-state index contributed by atoms with van der Waals surface area (Å²) in [6.07, 6.45) is 1.22. The molecule has 0 aliphatic carbocycles. The number of anilines is 1. The molecule has 1 heterocycles. The molecule has 0 radical (unpaired) electrons. The first kappa shape index (κ1) is 11.0. The van der Waals surface area contributed by atoms with E-state index in [0.717, 1.165) is 6.42 Å². The summed E-state index contributed by atoms with van der Waals surface area (Å²) in [5.41, 5.74) is 0.391. The summed E-state index contributed by atoms with van der Waals surface area (Å²) in [6.45, 7) is 0.555. The molecule has 0 aromatic heterocycles. The van der Waals surface area contributed by atoms with E-state index in [1.54, 1.807) is 12.1 Å². The largest absolute Gasteiger partial charge is 0.478 e. The van der Waals surface area contributed by atoms with Crippen molar-refractivity contribution in [3.63, 3.8) is 0 Å². The molecule has 0 atom stereocenters. The van der Waals surface area contributed by atoms with Gasteiger partial charge in [-0.15, -0.1) is 0 Å². The van der Waals surface area contributed by atoms with Gasteiger partial charge in [-0.1, -0.05) is 17.7 Å². The third-order valence-electron chi connectivity index (χ3n) is 2.57. The van der Waals surface area contributed by atoms with Crippen molar-refractivity contribution in [3.8, 4) is 0 Å². The highest BCUT2D eigenvalue weighted by molar-refractivity contribution is 6.34. The number of amides is 1. The lowest BCUT2D eigenvalue weighted by Crippen LogP contribution is -2.25. The Morgan fingerprint density at radius 1 is 1.44 bits per heavy atom. The molecule has 2 rings (SSSR count). The van der Waals surface area contributed by atoms with E-state index in [4.69, 9.17) is 16.7 Å². The maximum Gasteiger partial charge on any atom is 0.339 e. The zero-order chi connectivity index (χ0) is 11.7. The summed E-state index contributed by atoms with van der Waals surface area (Å²) in [4.78, 5) is 24.1. The Morgan fingerprint density at radius 2 is 2.19 bits per heavy atom. The fourth-order valence-electron chi connectivity index (χ4n) is 1.85. The highest BCUT2D eigenvalue weighted by Crippen LogP contribution is 2.30. The Kier molecular flexibility index (Phi) is 2.83. The smallest absolute Gasteiger partial charge is 0.339 e. The first-order chi connectivity index (χ1) is 7.61. The third-order valence-corrected chi connectivity index (χ3v) is 2.88. The minimum absolute atomic E-state index is 0.000540. The van der Waals surface area contributed by atoms with Crippen LogP contribution < -0.4 is 4.90 Å². The average molecular weight is 240 g/mol. The maximum absolute atomic E-state index is 11.6. The molecule has 16 heavy (non-hydrogen) atoms. The van der Waals surface area contributed by atoms with Crippen LogP contribution in [0.1, 0.15) is 23.2 Å². The Hall–Kier alpha value is -1.55. The highest BCUT2D eigenvalue weighted by atomic mass is 35.5. The van der Waals surface area contributed by atoms with Crippen LogP contribution in [-0.2, 0) is 4.79 Å². The maximum atomic E-state index is 11.6. The summed E-state index contributed by atoms with van der Waals surface area (Å²) in [5, 5.41) is 9.23. The predicted octanol–water partition coefficient (Wildman–Crippen LogP) is 2.17. The van der Waals surface area contributed by atoms with Gasteiger partial charge in [0.15, 0.2) is 0 Å². The van der Waals surface area contributed by atoms with Crippen LogP contribution in [0.15, 0.2) is 18.2 Å². The van der Waals surface area contributed by atoms with Crippen LogP contribution in [0.4, 0.5) is 5.69 Å². The van der Waals surface area contributed by atoms with Crippen molar-refractivity contribution in [1.29, 1.82) is 0 Å². The summed E-state index contributed by atoms with van der Waals surface area (Å²) in [7, 11) is 0.